The van der Waals surface area contributed by atoms with Gasteiger partial charge in [-0.15, -0.1) is 15.3 Å². The number of fused-ring (bicyclic) bond motifs is 2. The molecule has 5 heterocycles. The van der Waals surface area contributed by atoms with E-state index in [1.54, 1.807) is 18.2 Å². The summed E-state index contributed by atoms with van der Waals surface area (Å²) < 4.78 is 25.8. The zero-order valence-corrected chi connectivity index (χ0v) is 34.0. The third-order valence-corrected chi connectivity index (χ3v) is 11.7. The van der Waals surface area contributed by atoms with E-state index in [0.717, 1.165) is 78.9 Å². The predicted molar refractivity (Wildman–Crippen MR) is 219 cm³/mol. The van der Waals surface area contributed by atoms with Crippen LogP contribution in [0.5, 0.6) is 5.75 Å². The van der Waals surface area contributed by atoms with E-state index in [1.807, 2.05) is 67.8 Å². The summed E-state index contributed by atoms with van der Waals surface area (Å²) in [6, 6.07) is 17.6. The van der Waals surface area contributed by atoms with E-state index in [4.69, 9.17) is 14.7 Å². The molecule has 2 aromatic carbocycles. The van der Waals surface area contributed by atoms with E-state index < -0.39 is 23.3 Å². The first-order chi connectivity index (χ1) is 28.0. The van der Waals surface area contributed by atoms with E-state index in [2.05, 4.69) is 44.2 Å². The molecular formula is C43H53FN10O4. The highest BCUT2D eigenvalue weighted by atomic mass is 19.1. The van der Waals surface area contributed by atoms with Crippen molar-refractivity contribution in [2.75, 3.05) is 49.7 Å². The molecule has 3 aliphatic rings. The second kappa shape index (κ2) is 16.4. The smallest absolute Gasteiger partial charge is 0.357 e. The van der Waals surface area contributed by atoms with Crippen LogP contribution in [0.25, 0.3) is 11.3 Å². The summed E-state index contributed by atoms with van der Waals surface area (Å²) in [6.07, 6.45) is 6.27. The molecule has 5 aromatic rings. The predicted octanol–water partition coefficient (Wildman–Crippen LogP) is 6.74. The van der Waals surface area contributed by atoms with E-state index in [9.17, 15) is 9.59 Å². The van der Waals surface area contributed by atoms with Gasteiger partial charge in [-0.25, -0.2) is 13.9 Å². The van der Waals surface area contributed by atoms with Gasteiger partial charge in [0.2, 0.25) is 5.95 Å². The first-order valence-electron chi connectivity index (χ1n) is 20.3. The second-order valence-corrected chi connectivity index (χ2v) is 16.9. The normalized spacial score (nSPS) is 20.4. The summed E-state index contributed by atoms with van der Waals surface area (Å²) in [5, 5.41) is 17.7. The van der Waals surface area contributed by atoms with Gasteiger partial charge in [-0.1, -0.05) is 51.1 Å². The van der Waals surface area contributed by atoms with E-state index in [0.29, 0.717) is 36.9 Å². The van der Waals surface area contributed by atoms with Gasteiger partial charge in [0, 0.05) is 56.8 Å². The zero-order valence-electron chi connectivity index (χ0n) is 34.0. The number of hydrogen-bond acceptors (Lipinski definition) is 10. The molecule has 0 unspecified atom stereocenters. The molecule has 1 N–H and O–H groups in total. The number of nitrogens with zero attached hydrogens (tertiary/aromatic N) is 9. The van der Waals surface area contributed by atoms with Crippen LogP contribution < -0.4 is 20.0 Å². The molecule has 15 heteroatoms. The van der Waals surface area contributed by atoms with Crippen LogP contribution in [0.1, 0.15) is 94.3 Å². The third-order valence-electron chi connectivity index (χ3n) is 11.7. The quantitative estimate of drug-likeness (QED) is 0.120. The Morgan fingerprint density at radius 1 is 0.966 bits per heavy atom. The van der Waals surface area contributed by atoms with Gasteiger partial charge in [0.1, 0.15) is 23.4 Å². The highest BCUT2D eigenvalue weighted by molar-refractivity contribution is 5.90. The Balaban J connectivity index is 1.05. The number of ether oxygens (including phenoxy) is 1. The number of hydrogen-bond donors (Lipinski definition) is 1. The molecule has 2 fully saturated rings. The van der Waals surface area contributed by atoms with Crippen molar-refractivity contribution in [3.05, 3.63) is 95.1 Å². The lowest BCUT2D eigenvalue weighted by molar-refractivity contribution is -0.129. The van der Waals surface area contributed by atoms with Gasteiger partial charge in [0.25, 0.3) is 0 Å². The van der Waals surface area contributed by atoms with Gasteiger partial charge >= 0.3 is 12.5 Å². The number of benzene rings is 2. The van der Waals surface area contributed by atoms with Gasteiger partial charge in [0.05, 0.1) is 17.9 Å². The number of urea groups is 1. The summed E-state index contributed by atoms with van der Waals surface area (Å²) in [5.41, 5.74) is 3.75. The van der Waals surface area contributed by atoms with Crippen molar-refractivity contribution in [2.24, 2.45) is 0 Å². The largest absolute Gasteiger partial charge is 0.484 e. The molecule has 0 radical (unpaired) electrons. The van der Waals surface area contributed by atoms with E-state index in [-0.39, 0.29) is 24.1 Å². The number of nitrogens with one attached hydrogen (secondary N) is 1. The minimum atomic E-state index is -0.695. The van der Waals surface area contributed by atoms with Crippen LogP contribution in [-0.2, 0) is 21.6 Å². The lowest BCUT2D eigenvalue weighted by Gasteiger charge is -2.34. The fourth-order valence-corrected chi connectivity index (χ4v) is 8.31. The highest BCUT2D eigenvalue weighted by Crippen LogP contribution is 2.40. The number of aromatic nitrogens is 5. The Labute approximate surface area is 338 Å². The number of anilines is 2. The number of carbonyl (C=O) groups excluding carboxylic acids is 2. The molecule has 3 atom stereocenters. The van der Waals surface area contributed by atoms with Gasteiger partial charge in [-0.2, -0.15) is 5.10 Å². The maximum atomic E-state index is 15.8. The molecule has 0 bridgehead atoms. The van der Waals surface area contributed by atoms with Crippen LogP contribution in [-0.4, -0.2) is 92.5 Å². The number of rotatable bonds is 10. The number of piperazine rings is 1. The Hall–Kier alpha value is -5.54. The van der Waals surface area contributed by atoms with Crippen molar-refractivity contribution in [1.29, 1.82) is 0 Å². The minimum absolute atomic E-state index is 0.0955. The summed E-state index contributed by atoms with van der Waals surface area (Å²) in [7, 11) is 2.11. The second-order valence-electron chi connectivity index (χ2n) is 16.9. The van der Waals surface area contributed by atoms with Crippen LogP contribution in [0.4, 0.5) is 21.0 Å². The first kappa shape index (κ1) is 39.3. The van der Waals surface area contributed by atoms with Gasteiger partial charge in [0.15, 0.2) is 11.5 Å². The maximum Gasteiger partial charge on any atom is 0.357 e. The molecule has 2 saturated heterocycles. The Kier molecular flexibility index (Phi) is 11.1. The molecule has 0 saturated carbocycles. The number of likely N-dealkylation sites (N-methyl/N-ethyl adjacent to an activating group) is 1. The van der Waals surface area contributed by atoms with Gasteiger partial charge in [-0.05, 0) is 87.0 Å². The average Bonchev–Trinajstić information content (AvgIpc) is 3.85. The number of pyridine rings is 1. The van der Waals surface area contributed by atoms with E-state index >= 15 is 4.39 Å². The Morgan fingerprint density at radius 3 is 2.52 bits per heavy atom. The van der Waals surface area contributed by atoms with E-state index in [1.165, 1.54) is 17.2 Å². The van der Waals surface area contributed by atoms with Crippen LogP contribution >= 0.6 is 0 Å². The maximum absolute atomic E-state index is 15.8. The van der Waals surface area contributed by atoms with Crippen LogP contribution in [0, 0.1) is 5.82 Å². The summed E-state index contributed by atoms with van der Waals surface area (Å²) >= 11 is 0. The molecule has 8 rings (SSSR count). The number of carbonyl (C=O) groups is 2. The van der Waals surface area contributed by atoms with Crippen molar-refractivity contribution in [2.45, 2.75) is 89.9 Å². The van der Waals surface area contributed by atoms with Gasteiger partial charge in [-0.3, -0.25) is 14.1 Å². The number of amides is 2. The molecule has 0 spiro atoms. The highest BCUT2D eigenvalue weighted by Gasteiger charge is 2.34. The number of piperidine rings is 1. The molecular weight excluding hydrogens is 740 g/mol. The summed E-state index contributed by atoms with van der Waals surface area (Å²) in [6.45, 7) is 13.6. The lowest BCUT2D eigenvalue weighted by atomic mass is 9.85. The topological polar surface area (TPSA) is 126 Å². The Bertz CT molecular complexity index is 2260. The lowest BCUT2D eigenvalue weighted by Crippen LogP contribution is -2.44. The van der Waals surface area contributed by atoms with Crippen LogP contribution in [0.15, 0.2) is 66.9 Å². The monoisotopic (exact) mass is 792 g/mol. The molecule has 1 aliphatic carbocycles. The van der Waals surface area contributed by atoms with Crippen molar-refractivity contribution in [1.82, 2.24) is 39.5 Å². The molecule has 14 nitrogen and oxygen atoms in total. The SMILES string of the molecule is C[C@H]1CCCCN1c1nnc2ccc(O[C@@H]3CC[C@H](NC(=O)N(OC=O)c4cc(C(C)(C)C)nn4-c4cc(CN5CCN(C)CC5)ccc4F)c4ccccc43)cn12. The van der Waals surface area contributed by atoms with Crippen molar-refractivity contribution >= 4 is 29.9 Å². The van der Waals surface area contributed by atoms with Crippen molar-refractivity contribution in [3.8, 4) is 11.4 Å². The molecule has 3 aromatic heterocycles. The minimum Gasteiger partial charge on any atom is -0.484 e. The number of hydroxylamine groups is 1. The fraction of sp³-hybridized carbons (Fsp3) is 0.465. The molecule has 306 valence electrons. The van der Waals surface area contributed by atoms with Crippen molar-refractivity contribution < 1.29 is 23.6 Å². The van der Waals surface area contributed by atoms with Crippen molar-refractivity contribution in [3.63, 3.8) is 0 Å². The summed E-state index contributed by atoms with van der Waals surface area (Å²) in [5.74, 6) is 1.08. The first-order valence-corrected chi connectivity index (χ1v) is 20.3. The standard InChI is InChI=1S/C43H53FN10O4/c1-29-10-8-9-19-51(29)41-47-46-39-18-14-31(27-52(39)41)58-37-17-16-35(32-11-6-7-12-33(32)37)45-42(56)54(57-28-55)40-25-38(43(2,3)4)48-53(40)36-24-30(13-15-34(36)44)26-50-22-20-49(5)21-23-50/h6-7,11-15,18,24-25,27-29,35,37H,8-10,16-17,19-23,26H2,1-5H3,(H,45,56)/t29-,35-,37+/m0/s1. The third kappa shape index (κ3) is 8.10. The average molecular weight is 793 g/mol. The summed E-state index contributed by atoms with van der Waals surface area (Å²) in [4.78, 5) is 38.6. The Morgan fingerprint density at radius 2 is 1.76 bits per heavy atom. The zero-order chi connectivity index (χ0) is 40.6. The molecule has 2 aliphatic heterocycles. The number of halogens is 1. The van der Waals surface area contributed by atoms with Gasteiger partial charge < -0.3 is 24.7 Å². The molecule has 58 heavy (non-hydrogen) atoms. The van der Waals surface area contributed by atoms with Crippen LogP contribution in [0.3, 0.4) is 0 Å². The van der Waals surface area contributed by atoms with Crippen LogP contribution in [0.2, 0.25) is 0 Å². The fourth-order valence-electron chi connectivity index (χ4n) is 8.31. The molecule has 2 amide bonds.